The molecule has 0 unspecified atom stereocenters. The van der Waals surface area contributed by atoms with Crippen LogP contribution >= 0.6 is 0 Å². The zero-order chi connectivity index (χ0) is 27.4. The van der Waals surface area contributed by atoms with E-state index in [0.717, 1.165) is 6.07 Å². The van der Waals surface area contributed by atoms with Gasteiger partial charge < -0.3 is 45.2 Å². The number of rotatable bonds is 3. The van der Waals surface area contributed by atoms with Crippen LogP contribution in [0.1, 0.15) is 45.9 Å². The fraction of sp³-hybridized carbons (Fsp3) is 0.200. The van der Waals surface area contributed by atoms with Crippen molar-refractivity contribution in [3.63, 3.8) is 0 Å². The minimum absolute atomic E-state index is 0.00311. The van der Waals surface area contributed by atoms with Gasteiger partial charge in [-0.05, 0) is 41.5 Å². The third kappa shape index (κ3) is 4.21. The molecule has 0 bridgehead atoms. The number of phenolic OH excluding ortho intramolecular Hbond substituents is 5. The third-order valence-electron chi connectivity index (χ3n) is 7.38. The van der Waals surface area contributed by atoms with E-state index < -0.39 is 30.3 Å². The molecule has 0 aliphatic carbocycles. The average Bonchev–Trinajstić information content (AvgIpc) is 2.91. The van der Waals surface area contributed by atoms with Gasteiger partial charge in [-0.25, -0.2) is 0 Å². The van der Waals surface area contributed by atoms with Crippen molar-refractivity contribution >= 4 is 0 Å². The van der Waals surface area contributed by atoms with Crippen LogP contribution in [0.2, 0.25) is 0 Å². The standard InChI is InChI=1S/C30H26O9/c31-16-5-1-14(2-6-16)28-23(36)12-20-21(34)13-22(35)26(30(20)39-28)25-19-10-9-18(33)11-24(19)38-29(27(25)37)15-3-7-17(32)8-4-15/h1-11,13,23,25,27-29,31-37H,12H2/t23-,25+,27+,28-,29-/m1/s1. The zero-order valence-corrected chi connectivity index (χ0v) is 20.5. The molecule has 39 heavy (non-hydrogen) atoms. The summed E-state index contributed by atoms with van der Waals surface area (Å²) in [5.41, 5.74) is 2.04. The Kier molecular flexibility index (Phi) is 5.90. The largest absolute Gasteiger partial charge is 0.508 e. The summed E-state index contributed by atoms with van der Waals surface area (Å²) in [6, 6.07) is 17.9. The van der Waals surface area contributed by atoms with Crippen molar-refractivity contribution in [2.24, 2.45) is 0 Å². The van der Waals surface area contributed by atoms with Crippen molar-refractivity contribution in [1.29, 1.82) is 0 Å². The Balaban J connectivity index is 1.52. The van der Waals surface area contributed by atoms with Crippen molar-refractivity contribution in [3.05, 3.63) is 101 Å². The van der Waals surface area contributed by atoms with E-state index in [4.69, 9.17) is 9.47 Å². The topological polar surface area (TPSA) is 160 Å². The van der Waals surface area contributed by atoms with Crippen LogP contribution in [0.25, 0.3) is 0 Å². The van der Waals surface area contributed by atoms with Gasteiger partial charge in [0.1, 0.15) is 52.5 Å². The number of hydrogen-bond donors (Lipinski definition) is 7. The molecule has 9 heteroatoms. The van der Waals surface area contributed by atoms with Gasteiger partial charge in [0.05, 0.1) is 6.10 Å². The first-order chi connectivity index (χ1) is 18.7. The summed E-state index contributed by atoms with van der Waals surface area (Å²) in [5, 5.41) is 74.1. The van der Waals surface area contributed by atoms with Crippen LogP contribution in [0.3, 0.4) is 0 Å². The quantitative estimate of drug-likeness (QED) is 0.209. The van der Waals surface area contributed by atoms with E-state index in [1.165, 1.54) is 36.4 Å². The van der Waals surface area contributed by atoms with E-state index in [1.807, 2.05) is 0 Å². The summed E-state index contributed by atoms with van der Waals surface area (Å²) >= 11 is 0. The van der Waals surface area contributed by atoms with Gasteiger partial charge in [-0.2, -0.15) is 0 Å². The van der Waals surface area contributed by atoms with Gasteiger partial charge >= 0.3 is 0 Å². The number of fused-ring (bicyclic) bond motifs is 2. The highest BCUT2D eigenvalue weighted by atomic mass is 16.5. The maximum absolute atomic E-state index is 11.7. The zero-order valence-electron chi connectivity index (χ0n) is 20.5. The lowest BCUT2D eigenvalue weighted by molar-refractivity contribution is 0.00194. The molecule has 0 aromatic heterocycles. The lowest BCUT2D eigenvalue weighted by Gasteiger charge is -2.40. The third-order valence-corrected chi connectivity index (χ3v) is 7.38. The van der Waals surface area contributed by atoms with Crippen LogP contribution in [0.4, 0.5) is 0 Å². The molecule has 4 aromatic rings. The van der Waals surface area contributed by atoms with Gasteiger partial charge in [-0.15, -0.1) is 0 Å². The predicted octanol–water partition coefficient (Wildman–Crippen LogP) is 3.88. The Morgan fingerprint density at radius 1 is 0.615 bits per heavy atom. The predicted molar refractivity (Wildman–Crippen MR) is 138 cm³/mol. The average molecular weight is 531 g/mol. The summed E-state index contributed by atoms with van der Waals surface area (Å²) in [5.74, 6) is -1.11. The molecule has 2 aliphatic heterocycles. The van der Waals surface area contributed by atoms with Crippen LogP contribution < -0.4 is 9.47 Å². The molecule has 6 rings (SSSR count). The normalized spacial score (nSPS) is 23.7. The minimum Gasteiger partial charge on any atom is -0.508 e. The van der Waals surface area contributed by atoms with Crippen LogP contribution in [0, 0.1) is 0 Å². The van der Waals surface area contributed by atoms with Crippen LogP contribution in [0.5, 0.6) is 40.2 Å². The van der Waals surface area contributed by atoms with E-state index >= 15 is 0 Å². The molecular formula is C30H26O9. The second-order valence-corrected chi connectivity index (χ2v) is 9.86. The number of aliphatic hydroxyl groups is 2. The molecule has 5 atom stereocenters. The highest BCUT2D eigenvalue weighted by molar-refractivity contribution is 5.63. The van der Waals surface area contributed by atoms with E-state index in [0.29, 0.717) is 16.7 Å². The molecular weight excluding hydrogens is 504 g/mol. The monoisotopic (exact) mass is 530 g/mol. The minimum atomic E-state index is -1.27. The lowest BCUT2D eigenvalue weighted by Crippen LogP contribution is -2.36. The maximum Gasteiger partial charge on any atom is 0.150 e. The SMILES string of the molecule is Oc1ccc([C@H]2Oc3cc(O)ccc3[C@@H](c3c(O)cc(O)c4c3O[C@H](c3ccc(O)cc3)[C@H](O)C4)[C@@H]2O)cc1. The smallest absolute Gasteiger partial charge is 0.150 e. The van der Waals surface area contributed by atoms with Crippen LogP contribution in [0.15, 0.2) is 72.8 Å². The van der Waals surface area contributed by atoms with Crippen molar-refractivity contribution in [2.45, 2.75) is 36.8 Å². The molecule has 4 aromatic carbocycles. The summed E-state index contributed by atoms with van der Waals surface area (Å²) in [6.07, 6.45) is -4.14. The van der Waals surface area contributed by atoms with Gasteiger partial charge in [-0.1, -0.05) is 30.3 Å². The number of benzene rings is 4. The second-order valence-electron chi connectivity index (χ2n) is 9.86. The molecule has 0 saturated heterocycles. The Bertz CT molecular complexity index is 1530. The molecule has 0 fully saturated rings. The first kappa shape index (κ1) is 24.7. The van der Waals surface area contributed by atoms with Crippen molar-refractivity contribution in [3.8, 4) is 40.2 Å². The molecule has 9 nitrogen and oxygen atoms in total. The summed E-state index contributed by atoms with van der Waals surface area (Å²) in [6.45, 7) is 0. The van der Waals surface area contributed by atoms with Crippen LogP contribution in [-0.4, -0.2) is 48.0 Å². The van der Waals surface area contributed by atoms with Crippen molar-refractivity contribution < 1.29 is 45.2 Å². The van der Waals surface area contributed by atoms with E-state index in [1.54, 1.807) is 30.3 Å². The first-order valence-corrected chi connectivity index (χ1v) is 12.4. The second kappa shape index (κ2) is 9.30. The maximum atomic E-state index is 11.7. The fourth-order valence-corrected chi connectivity index (χ4v) is 5.50. The van der Waals surface area contributed by atoms with E-state index in [2.05, 4.69) is 0 Å². The first-order valence-electron chi connectivity index (χ1n) is 12.4. The van der Waals surface area contributed by atoms with E-state index in [9.17, 15) is 35.7 Å². The fourth-order valence-electron chi connectivity index (χ4n) is 5.50. The highest BCUT2D eigenvalue weighted by Crippen LogP contribution is 2.55. The van der Waals surface area contributed by atoms with Gasteiger partial charge in [-0.3, -0.25) is 0 Å². The molecule has 7 N–H and O–H groups in total. The Labute approximate surface area is 223 Å². The number of aromatic hydroxyl groups is 5. The van der Waals surface area contributed by atoms with Gasteiger partial charge in [0.15, 0.2) is 6.10 Å². The number of phenols is 5. The Morgan fingerprint density at radius 3 is 1.85 bits per heavy atom. The Hall–Kier alpha value is -4.60. The van der Waals surface area contributed by atoms with Gasteiger partial charge in [0, 0.05) is 41.2 Å². The molecule has 2 heterocycles. The number of aliphatic hydroxyl groups excluding tert-OH is 2. The summed E-state index contributed by atoms with van der Waals surface area (Å²) in [4.78, 5) is 0. The molecule has 0 saturated carbocycles. The molecule has 200 valence electrons. The van der Waals surface area contributed by atoms with Crippen LogP contribution in [-0.2, 0) is 6.42 Å². The molecule has 0 radical (unpaired) electrons. The number of ether oxygens (including phenoxy) is 2. The molecule has 0 amide bonds. The summed E-state index contributed by atoms with van der Waals surface area (Å²) in [7, 11) is 0. The highest BCUT2D eigenvalue weighted by Gasteiger charge is 2.44. The van der Waals surface area contributed by atoms with Gasteiger partial charge in [0.2, 0.25) is 0 Å². The van der Waals surface area contributed by atoms with Crippen molar-refractivity contribution in [2.75, 3.05) is 0 Å². The van der Waals surface area contributed by atoms with Crippen molar-refractivity contribution in [1.82, 2.24) is 0 Å². The summed E-state index contributed by atoms with van der Waals surface area (Å²) < 4.78 is 12.4. The van der Waals surface area contributed by atoms with E-state index in [-0.39, 0.29) is 57.8 Å². The molecule has 2 aliphatic rings. The molecule has 0 spiro atoms. The lowest BCUT2D eigenvalue weighted by atomic mass is 9.78. The number of hydrogen-bond acceptors (Lipinski definition) is 9. The Morgan fingerprint density at radius 2 is 1.21 bits per heavy atom. The van der Waals surface area contributed by atoms with Gasteiger partial charge in [0.25, 0.3) is 0 Å².